The van der Waals surface area contributed by atoms with Crippen LogP contribution in [0.25, 0.3) is 0 Å². The minimum atomic E-state index is -0.577. The number of aryl methyl sites for hydroxylation is 1. The van der Waals surface area contributed by atoms with Gasteiger partial charge in [0.2, 0.25) is 0 Å². The molecule has 9 heteroatoms. The SMILES string of the molecule is Cc1n[nH]c(=O)nc1N/N=C/c1c(Cl)ccc(Cl)c1Cl. The quantitative estimate of drug-likeness (QED) is 0.514. The van der Waals surface area contributed by atoms with Gasteiger partial charge in [0.1, 0.15) is 5.69 Å². The topological polar surface area (TPSA) is 83.0 Å². The monoisotopic (exact) mass is 331 g/mol. The number of hydrogen-bond donors (Lipinski definition) is 2. The van der Waals surface area contributed by atoms with Crippen LogP contribution in [-0.4, -0.2) is 21.4 Å². The van der Waals surface area contributed by atoms with Crippen molar-refractivity contribution in [1.29, 1.82) is 0 Å². The molecule has 0 aliphatic heterocycles. The van der Waals surface area contributed by atoms with E-state index in [1.165, 1.54) is 6.21 Å². The van der Waals surface area contributed by atoms with Crippen LogP contribution in [0.4, 0.5) is 5.82 Å². The Labute approximate surface area is 128 Å². The molecule has 0 unspecified atom stereocenters. The number of nitrogens with zero attached hydrogens (tertiary/aromatic N) is 3. The first-order valence-corrected chi connectivity index (χ1v) is 6.48. The molecule has 1 aromatic heterocycles. The van der Waals surface area contributed by atoms with Crippen LogP contribution in [0.3, 0.4) is 0 Å². The van der Waals surface area contributed by atoms with Gasteiger partial charge >= 0.3 is 5.69 Å². The van der Waals surface area contributed by atoms with Crippen LogP contribution in [-0.2, 0) is 0 Å². The van der Waals surface area contributed by atoms with Crippen molar-refractivity contribution < 1.29 is 0 Å². The van der Waals surface area contributed by atoms with Crippen LogP contribution in [0.1, 0.15) is 11.3 Å². The first kappa shape index (κ1) is 14.8. The summed E-state index contributed by atoms with van der Waals surface area (Å²) < 4.78 is 0. The van der Waals surface area contributed by atoms with E-state index < -0.39 is 5.69 Å². The molecule has 1 aromatic carbocycles. The number of rotatable bonds is 3. The minimum absolute atomic E-state index is 0.235. The Morgan fingerprint density at radius 1 is 1.30 bits per heavy atom. The second kappa shape index (κ2) is 6.21. The van der Waals surface area contributed by atoms with Crippen molar-refractivity contribution in [2.45, 2.75) is 6.92 Å². The molecule has 0 amide bonds. The Morgan fingerprint density at radius 3 is 2.75 bits per heavy atom. The number of aromatic amines is 1. The number of anilines is 1. The van der Waals surface area contributed by atoms with Gasteiger partial charge in [0.15, 0.2) is 5.82 Å². The first-order chi connectivity index (χ1) is 9.49. The van der Waals surface area contributed by atoms with Gasteiger partial charge in [-0.1, -0.05) is 34.8 Å². The molecule has 0 spiro atoms. The Kier molecular flexibility index (Phi) is 4.59. The standard InChI is InChI=1S/C11H8Cl3N5O/c1-5-10(16-11(20)19-17-5)18-15-4-6-7(12)2-3-8(13)9(6)14/h2-4H,1H3,(H2,16,18,19,20)/b15-4+. The average Bonchev–Trinajstić information content (AvgIpc) is 2.42. The third-order valence-corrected chi connectivity index (χ3v) is 3.47. The lowest BCUT2D eigenvalue weighted by Gasteiger charge is -2.04. The summed E-state index contributed by atoms with van der Waals surface area (Å²) in [5.41, 5.74) is 2.97. The van der Waals surface area contributed by atoms with Crippen molar-refractivity contribution in [2.75, 3.05) is 5.43 Å². The van der Waals surface area contributed by atoms with Crippen molar-refractivity contribution in [3.63, 3.8) is 0 Å². The molecular formula is C11H8Cl3N5O. The zero-order valence-electron chi connectivity index (χ0n) is 10.1. The highest BCUT2D eigenvalue weighted by Gasteiger charge is 2.07. The molecule has 0 bridgehead atoms. The second-order valence-corrected chi connectivity index (χ2v) is 4.89. The third-order valence-electron chi connectivity index (χ3n) is 2.32. The molecule has 0 atom stereocenters. The molecule has 6 nitrogen and oxygen atoms in total. The lowest BCUT2D eigenvalue weighted by molar-refractivity contribution is 0.879. The first-order valence-electron chi connectivity index (χ1n) is 5.35. The fraction of sp³-hybridized carbons (Fsp3) is 0.0909. The maximum atomic E-state index is 11.0. The lowest BCUT2D eigenvalue weighted by Crippen LogP contribution is -2.15. The van der Waals surface area contributed by atoms with Gasteiger partial charge in [-0.05, 0) is 19.1 Å². The van der Waals surface area contributed by atoms with E-state index in [0.717, 1.165) is 0 Å². The summed E-state index contributed by atoms with van der Waals surface area (Å²) in [6.45, 7) is 1.67. The normalized spacial score (nSPS) is 11.0. The van der Waals surface area contributed by atoms with Gasteiger partial charge < -0.3 is 0 Å². The summed E-state index contributed by atoms with van der Waals surface area (Å²) in [6, 6.07) is 3.19. The highest BCUT2D eigenvalue weighted by atomic mass is 35.5. The molecule has 0 radical (unpaired) electrons. The van der Waals surface area contributed by atoms with Crippen molar-refractivity contribution in [3.8, 4) is 0 Å². The van der Waals surface area contributed by atoms with Crippen molar-refractivity contribution >= 4 is 46.8 Å². The molecule has 104 valence electrons. The summed E-state index contributed by atoms with van der Waals surface area (Å²) in [7, 11) is 0. The van der Waals surface area contributed by atoms with E-state index in [4.69, 9.17) is 34.8 Å². The van der Waals surface area contributed by atoms with Crippen LogP contribution in [0.2, 0.25) is 15.1 Å². The van der Waals surface area contributed by atoms with Gasteiger partial charge in [0, 0.05) is 5.56 Å². The Bertz CT molecular complexity index is 728. The largest absolute Gasteiger partial charge is 0.363 e. The Morgan fingerprint density at radius 2 is 2.00 bits per heavy atom. The van der Waals surface area contributed by atoms with Gasteiger partial charge in [-0.3, -0.25) is 5.43 Å². The van der Waals surface area contributed by atoms with Crippen LogP contribution in [0.15, 0.2) is 22.0 Å². The number of hydrazone groups is 1. The summed E-state index contributed by atoms with van der Waals surface area (Å²) in [4.78, 5) is 14.7. The number of hydrogen-bond acceptors (Lipinski definition) is 5. The van der Waals surface area contributed by atoms with E-state index in [1.54, 1.807) is 19.1 Å². The predicted molar refractivity (Wildman–Crippen MR) is 80.1 cm³/mol. The molecule has 0 aliphatic carbocycles. The van der Waals surface area contributed by atoms with Crippen LogP contribution in [0.5, 0.6) is 0 Å². The fourth-order valence-corrected chi connectivity index (χ4v) is 1.95. The molecule has 2 N–H and O–H groups in total. The smallest absolute Gasteiger partial charge is 0.260 e. The Hall–Kier alpha value is -1.63. The van der Waals surface area contributed by atoms with Crippen molar-refractivity contribution in [2.24, 2.45) is 5.10 Å². The van der Waals surface area contributed by atoms with Crippen LogP contribution >= 0.6 is 34.8 Å². The number of halogens is 3. The van der Waals surface area contributed by atoms with Gasteiger partial charge in [-0.25, -0.2) is 9.89 Å². The van der Waals surface area contributed by atoms with E-state index in [0.29, 0.717) is 26.3 Å². The molecule has 0 fully saturated rings. The number of aromatic nitrogens is 3. The maximum Gasteiger partial charge on any atom is 0.363 e. The number of benzene rings is 1. The van der Waals surface area contributed by atoms with Crippen molar-refractivity contribution in [1.82, 2.24) is 15.2 Å². The van der Waals surface area contributed by atoms with E-state index in [-0.39, 0.29) is 5.82 Å². The third kappa shape index (κ3) is 3.27. The summed E-state index contributed by atoms with van der Waals surface area (Å²) >= 11 is 17.9. The molecule has 2 rings (SSSR count). The average molecular weight is 333 g/mol. The zero-order chi connectivity index (χ0) is 14.7. The summed E-state index contributed by atoms with van der Waals surface area (Å²) in [6.07, 6.45) is 1.39. The fourth-order valence-electron chi connectivity index (χ4n) is 1.32. The highest BCUT2D eigenvalue weighted by Crippen LogP contribution is 2.29. The van der Waals surface area contributed by atoms with Gasteiger partial charge in [-0.2, -0.15) is 15.2 Å². The molecule has 1 heterocycles. The molecule has 0 saturated heterocycles. The highest BCUT2D eigenvalue weighted by molar-refractivity contribution is 6.45. The second-order valence-electron chi connectivity index (χ2n) is 3.70. The molecule has 0 saturated carbocycles. The van der Waals surface area contributed by atoms with E-state index in [9.17, 15) is 4.79 Å². The van der Waals surface area contributed by atoms with E-state index >= 15 is 0 Å². The van der Waals surface area contributed by atoms with Gasteiger partial charge in [0.25, 0.3) is 0 Å². The predicted octanol–water partition coefficient (Wildman–Crippen LogP) is 2.88. The van der Waals surface area contributed by atoms with Crippen LogP contribution in [0, 0.1) is 6.92 Å². The molecule has 0 aliphatic rings. The van der Waals surface area contributed by atoms with Gasteiger partial charge in [-0.15, -0.1) is 0 Å². The van der Waals surface area contributed by atoms with Crippen LogP contribution < -0.4 is 11.1 Å². The van der Waals surface area contributed by atoms with Gasteiger partial charge in [0.05, 0.1) is 21.3 Å². The van der Waals surface area contributed by atoms with E-state index in [2.05, 4.69) is 25.7 Å². The maximum absolute atomic E-state index is 11.0. The van der Waals surface area contributed by atoms with Crippen molar-refractivity contribution in [3.05, 3.63) is 48.9 Å². The summed E-state index contributed by atoms with van der Waals surface area (Å²) in [5, 5.41) is 10.9. The van der Waals surface area contributed by atoms with E-state index in [1.807, 2.05) is 0 Å². The molecule has 20 heavy (non-hydrogen) atoms. The minimum Gasteiger partial charge on any atom is -0.260 e. The number of nitrogens with one attached hydrogen (secondary N) is 2. The number of H-pyrrole nitrogens is 1. The Balaban J connectivity index is 2.25. The lowest BCUT2D eigenvalue weighted by atomic mass is 10.2. The zero-order valence-corrected chi connectivity index (χ0v) is 12.4. The molecule has 2 aromatic rings. The molecular weight excluding hydrogens is 325 g/mol. The summed E-state index contributed by atoms with van der Waals surface area (Å²) in [5.74, 6) is 0.235.